The van der Waals surface area contributed by atoms with Crippen molar-refractivity contribution in [1.29, 1.82) is 0 Å². The third-order valence-electron chi connectivity index (χ3n) is 4.77. The molecule has 8 heteroatoms. The van der Waals surface area contributed by atoms with Gasteiger partial charge in [-0.1, -0.05) is 26.0 Å². The minimum absolute atomic E-state index is 0.143. The summed E-state index contributed by atoms with van der Waals surface area (Å²) in [5.74, 6) is 0.332. The number of fused-ring (bicyclic) bond motifs is 1. The molecule has 0 bridgehead atoms. The fraction of sp³-hybridized carbons (Fsp3) is 0.364. The molecule has 3 aromatic rings. The highest BCUT2D eigenvalue weighted by atomic mass is 32.2. The zero-order valence-corrected chi connectivity index (χ0v) is 18.7. The van der Waals surface area contributed by atoms with E-state index in [1.54, 1.807) is 13.2 Å². The molecule has 2 heterocycles. The third-order valence-corrected chi connectivity index (χ3v) is 5.93. The van der Waals surface area contributed by atoms with Crippen molar-refractivity contribution in [3.05, 3.63) is 62.4 Å². The van der Waals surface area contributed by atoms with E-state index in [1.165, 1.54) is 23.4 Å². The van der Waals surface area contributed by atoms with E-state index in [0.29, 0.717) is 21.8 Å². The predicted octanol–water partition coefficient (Wildman–Crippen LogP) is 2.87. The summed E-state index contributed by atoms with van der Waals surface area (Å²) in [5.41, 5.74) is 2.21. The molecule has 30 heavy (non-hydrogen) atoms. The minimum atomic E-state index is -0.426. The Bertz CT molecular complexity index is 1230. The third kappa shape index (κ3) is 4.48. The summed E-state index contributed by atoms with van der Waals surface area (Å²) in [6.07, 6.45) is 2.43. The van der Waals surface area contributed by atoms with Crippen LogP contribution in [0.5, 0.6) is 0 Å². The van der Waals surface area contributed by atoms with E-state index in [0.717, 1.165) is 27.8 Å². The van der Waals surface area contributed by atoms with Gasteiger partial charge in [-0.05, 0) is 42.5 Å². The Labute approximate surface area is 179 Å². The SMILES string of the molecule is Cc1cccc(NC(=O)CSc2c(CC(C)C)cnc3c2c(=O)n(C)c(=O)n3C)c1. The molecule has 0 fully saturated rings. The Morgan fingerprint density at radius 3 is 2.60 bits per heavy atom. The lowest BCUT2D eigenvalue weighted by atomic mass is 10.0. The van der Waals surface area contributed by atoms with E-state index >= 15 is 0 Å². The number of rotatable bonds is 6. The minimum Gasteiger partial charge on any atom is -0.325 e. The number of carbonyl (C=O) groups excluding carboxylic acids is 1. The molecule has 2 aromatic heterocycles. The Balaban J connectivity index is 2.00. The van der Waals surface area contributed by atoms with Crippen LogP contribution in [0.3, 0.4) is 0 Å². The number of hydrogen-bond acceptors (Lipinski definition) is 5. The molecule has 0 unspecified atom stereocenters. The first kappa shape index (κ1) is 21.8. The lowest BCUT2D eigenvalue weighted by Crippen LogP contribution is -2.37. The molecule has 0 saturated heterocycles. The number of pyridine rings is 1. The Morgan fingerprint density at radius 2 is 1.93 bits per heavy atom. The fourth-order valence-corrected chi connectivity index (χ4v) is 4.34. The van der Waals surface area contributed by atoms with Crippen molar-refractivity contribution in [3.63, 3.8) is 0 Å². The van der Waals surface area contributed by atoms with Crippen molar-refractivity contribution in [3.8, 4) is 0 Å². The second-order valence-corrected chi connectivity index (χ2v) is 8.81. The number of nitrogens with zero attached hydrogens (tertiary/aromatic N) is 3. The van der Waals surface area contributed by atoms with Gasteiger partial charge in [-0.3, -0.25) is 18.7 Å². The largest absolute Gasteiger partial charge is 0.332 e. The van der Waals surface area contributed by atoms with Crippen molar-refractivity contribution < 1.29 is 4.79 Å². The quantitative estimate of drug-likeness (QED) is 0.613. The molecule has 0 aliphatic heterocycles. The van der Waals surface area contributed by atoms with E-state index in [-0.39, 0.29) is 11.7 Å². The van der Waals surface area contributed by atoms with Crippen LogP contribution in [-0.4, -0.2) is 25.8 Å². The summed E-state index contributed by atoms with van der Waals surface area (Å²) in [7, 11) is 3.05. The summed E-state index contributed by atoms with van der Waals surface area (Å²) in [5, 5.41) is 3.27. The van der Waals surface area contributed by atoms with Gasteiger partial charge in [0.15, 0.2) is 0 Å². The van der Waals surface area contributed by atoms with Gasteiger partial charge in [0.25, 0.3) is 5.56 Å². The molecule has 0 spiro atoms. The van der Waals surface area contributed by atoms with Gasteiger partial charge >= 0.3 is 5.69 Å². The highest BCUT2D eigenvalue weighted by Gasteiger charge is 2.19. The molecule has 158 valence electrons. The van der Waals surface area contributed by atoms with E-state index in [1.807, 2.05) is 31.2 Å². The molecule has 0 atom stereocenters. The van der Waals surface area contributed by atoms with Gasteiger partial charge in [-0.2, -0.15) is 0 Å². The van der Waals surface area contributed by atoms with Crippen LogP contribution >= 0.6 is 11.8 Å². The number of aryl methyl sites for hydroxylation is 2. The molecule has 0 radical (unpaired) electrons. The maximum absolute atomic E-state index is 12.9. The first-order valence-corrected chi connectivity index (χ1v) is 10.7. The van der Waals surface area contributed by atoms with Gasteiger partial charge in [0.2, 0.25) is 5.91 Å². The second kappa shape index (κ2) is 8.87. The Hall–Kier alpha value is -2.87. The second-order valence-electron chi connectivity index (χ2n) is 7.82. The van der Waals surface area contributed by atoms with Gasteiger partial charge in [0.1, 0.15) is 5.65 Å². The smallest absolute Gasteiger partial charge is 0.325 e. The van der Waals surface area contributed by atoms with Crippen molar-refractivity contribution in [1.82, 2.24) is 14.1 Å². The van der Waals surface area contributed by atoms with Crippen molar-refractivity contribution in [2.45, 2.75) is 32.1 Å². The normalized spacial score (nSPS) is 11.3. The fourth-order valence-electron chi connectivity index (χ4n) is 3.35. The van der Waals surface area contributed by atoms with Crippen LogP contribution in [-0.2, 0) is 25.3 Å². The maximum atomic E-state index is 12.9. The number of hydrogen-bond donors (Lipinski definition) is 1. The van der Waals surface area contributed by atoms with Crippen molar-refractivity contribution >= 4 is 34.4 Å². The number of carbonyl (C=O) groups is 1. The lowest BCUT2D eigenvalue weighted by molar-refractivity contribution is -0.113. The van der Waals surface area contributed by atoms with Gasteiger partial charge in [0.05, 0.1) is 11.1 Å². The van der Waals surface area contributed by atoms with Crippen LogP contribution in [0.4, 0.5) is 5.69 Å². The van der Waals surface area contributed by atoms with Crippen LogP contribution in [0.2, 0.25) is 0 Å². The molecule has 1 N–H and O–H groups in total. The first-order chi connectivity index (χ1) is 14.2. The molecular weight excluding hydrogens is 400 g/mol. The molecule has 1 amide bonds. The molecule has 3 rings (SSSR count). The van der Waals surface area contributed by atoms with Crippen LogP contribution < -0.4 is 16.6 Å². The number of aromatic nitrogens is 3. The first-order valence-electron chi connectivity index (χ1n) is 9.76. The molecule has 1 aromatic carbocycles. The van der Waals surface area contributed by atoms with E-state index in [2.05, 4.69) is 24.1 Å². The summed E-state index contributed by atoms with van der Waals surface area (Å²) in [6.45, 7) is 6.13. The number of anilines is 1. The summed E-state index contributed by atoms with van der Waals surface area (Å²) in [4.78, 5) is 42.9. The average molecular weight is 427 g/mol. The van der Waals surface area contributed by atoms with Crippen LogP contribution in [0.1, 0.15) is 25.0 Å². The predicted molar refractivity (Wildman–Crippen MR) is 121 cm³/mol. The summed E-state index contributed by atoms with van der Waals surface area (Å²) < 4.78 is 2.45. The van der Waals surface area contributed by atoms with Gasteiger partial charge in [-0.15, -0.1) is 11.8 Å². The summed E-state index contributed by atoms with van der Waals surface area (Å²) in [6, 6.07) is 7.60. The van der Waals surface area contributed by atoms with E-state index in [9.17, 15) is 14.4 Å². The highest BCUT2D eigenvalue weighted by molar-refractivity contribution is 8.00. The zero-order chi connectivity index (χ0) is 22.0. The van der Waals surface area contributed by atoms with E-state index in [4.69, 9.17) is 0 Å². The Kier molecular flexibility index (Phi) is 6.45. The maximum Gasteiger partial charge on any atom is 0.332 e. The number of thioether (sulfide) groups is 1. The molecule has 0 aliphatic carbocycles. The summed E-state index contributed by atoms with van der Waals surface area (Å²) >= 11 is 1.31. The monoisotopic (exact) mass is 426 g/mol. The van der Waals surface area contributed by atoms with Gasteiger partial charge in [0, 0.05) is 30.9 Å². The topological polar surface area (TPSA) is 86.0 Å². The molecular formula is C22H26N4O3S. The highest BCUT2D eigenvalue weighted by Crippen LogP contribution is 2.30. The van der Waals surface area contributed by atoms with Crippen molar-refractivity contribution in [2.75, 3.05) is 11.1 Å². The van der Waals surface area contributed by atoms with Crippen LogP contribution in [0.25, 0.3) is 11.0 Å². The van der Waals surface area contributed by atoms with E-state index < -0.39 is 11.2 Å². The standard InChI is InChI=1S/C22H26N4O3S/c1-13(2)9-15-11-23-20-18(21(28)26(5)22(29)25(20)4)19(15)30-12-17(27)24-16-8-6-7-14(3)10-16/h6-8,10-11,13H,9,12H2,1-5H3,(H,24,27). The van der Waals surface area contributed by atoms with Gasteiger partial charge in [-0.25, -0.2) is 9.78 Å². The number of nitrogens with one attached hydrogen (secondary N) is 1. The lowest BCUT2D eigenvalue weighted by Gasteiger charge is -2.15. The Morgan fingerprint density at radius 1 is 1.20 bits per heavy atom. The van der Waals surface area contributed by atoms with Crippen LogP contribution in [0, 0.1) is 12.8 Å². The van der Waals surface area contributed by atoms with Gasteiger partial charge < -0.3 is 5.32 Å². The average Bonchev–Trinajstić information content (AvgIpc) is 2.69. The number of amides is 1. The van der Waals surface area contributed by atoms with Crippen molar-refractivity contribution in [2.24, 2.45) is 20.0 Å². The number of benzene rings is 1. The zero-order valence-electron chi connectivity index (χ0n) is 17.9. The molecule has 0 saturated carbocycles. The van der Waals surface area contributed by atoms with Crippen LogP contribution in [0.15, 0.2) is 44.9 Å². The molecule has 7 nitrogen and oxygen atoms in total. The molecule has 0 aliphatic rings.